The minimum absolute atomic E-state index is 0.00246. The maximum absolute atomic E-state index is 12.4. The van der Waals surface area contributed by atoms with Gasteiger partial charge >= 0.3 is 0 Å². The number of amides is 1. The molecule has 0 spiro atoms. The number of rotatable bonds is 4. The van der Waals surface area contributed by atoms with Crippen LogP contribution in [0.3, 0.4) is 0 Å². The van der Waals surface area contributed by atoms with E-state index >= 15 is 0 Å². The van der Waals surface area contributed by atoms with Crippen molar-refractivity contribution in [1.29, 1.82) is 0 Å². The lowest BCUT2D eigenvalue weighted by Crippen LogP contribution is -2.45. The molecule has 2 rings (SSSR count). The third-order valence-electron chi connectivity index (χ3n) is 3.86. The highest BCUT2D eigenvalue weighted by Gasteiger charge is 2.30. The van der Waals surface area contributed by atoms with E-state index in [2.05, 4.69) is 4.72 Å². The molecule has 0 saturated carbocycles. The van der Waals surface area contributed by atoms with Crippen LogP contribution in [0.1, 0.15) is 30.1 Å². The SMILES string of the molecule is CNS(=O)(=O)c1cc(C(=O)N2CC[C@H](CO)C[C@@H]2C)co1. The summed E-state index contributed by atoms with van der Waals surface area (Å²) in [6, 6.07) is 1.24. The van der Waals surface area contributed by atoms with E-state index in [0.717, 1.165) is 19.1 Å². The summed E-state index contributed by atoms with van der Waals surface area (Å²) in [6.07, 6.45) is 2.64. The fourth-order valence-corrected chi connectivity index (χ4v) is 3.23. The van der Waals surface area contributed by atoms with Crippen LogP contribution in [-0.2, 0) is 10.0 Å². The van der Waals surface area contributed by atoms with Crippen molar-refractivity contribution in [3.8, 4) is 0 Å². The first-order chi connectivity index (χ1) is 9.89. The van der Waals surface area contributed by atoms with E-state index in [9.17, 15) is 18.3 Å². The van der Waals surface area contributed by atoms with Gasteiger partial charge in [0.1, 0.15) is 6.26 Å². The van der Waals surface area contributed by atoms with Gasteiger partial charge < -0.3 is 14.4 Å². The van der Waals surface area contributed by atoms with E-state index < -0.39 is 10.0 Å². The standard InChI is InChI=1S/C13H20N2O5S/c1-9-5-10(7-16)3-4-15(9)13(17)11-6-12(20-8-11)21(18,19)14-2/h6,8-10,14,16H,3-5,7H2,1-2H3/t9-,10-/m0/s1. The number of hydrogen-bond donors (Lipinski definition) is 2. The van der Waals surface area contributed by atoms with Crippen molar-refractivity contribution >= 4 is 15.9 Å². The third kappa shape index (κ3) is 3.28. The number of piperidine rings is 1. The molecule has 1 aliphatic rings. The number of carbonyl (C=O) groups is 1. The Morgan fingerprint density at radius 3 is 2.86 bits per heavy atom. The minimum atomic E-state index is -3.69. The van der Waals surface area contributed by atoms with Gasteiger partial charge in [-0.25, -0.2) is 13.1 Å². The van der Waals surface area contributed by atoms with Crippen molar-refractivity contribution in [3.63, 3.8) is 0 Å². The molecule has 8 heteroatoms. The molecule has 21 heavy (non-hydrogen) atoms. The number of aliphatic hydroxyl groups excluding tert-OH is 1. The normalized spacial score (nSPS) is 23.3. The zero-order chi connectivity index (χ0) is 15.6. The number of hydrogen-bond acceptors (Lipinski definition) is 5. The Morgan fingerprint density at radius 1 is 1.57 bits per heavy atom. The van der Waals surface area contributed by atoms with Gasteiger partial charge in [0.2, 0.25) is 5.09 Å². The predicted octanol–water partition coefficient (Wildman–Crippen LogP) is 0.421. The number of likely N-dealkylation sites (tertiary alicyclic amines) is 1. The van der Waals surface area contributed by atoms with Crippen molar-refractivity contribution in [1.82, 2.24) is 9.62 Å². The summed E-state index contributed by atoms with van der Waals surface area (Å²) in [5.41, 5.74) is 0.220. The highest BCUT2D eigenvalue weighted by molar-refractivity contribution is 7.89. The summed E-state index contributed by atoms with van der Waals surface area (Å²) in [4.78, 5) is 14.1. The molecule has 1 aromatic rings. The van der Waals surface area contributed by atoms with Crippen LogP contribution in [0.25, 0.3) is 0 Å². The van der Waals surface area contributed by atoms with E-state index in [0.29, 0.717) is 6.54 Å². The van der Waals surface area contributed by atoms with Crippen molar-refractivity contribution in [2.45, 2.75) is 30.9 Å². The molecule has 0 radical (unpaired) electrons. The summed E-state index contributed by atoms with van der Waals surface area (Å²) in [6.45, 7) is 2.60. The maximum Gasteiger partial charge on any atom is 0.273 e. The molecule has 1 aliphatic heterocycles. The number of nitrogens with one attached hydrogen (secondary N) is 1. The second-order valence-electron chi connectivity index (χ2n) is 5.28. The van der Waals surface area contributed by atoms with Crippen LogP contribution < -0.4 is 4.72 Å². The Hall–Kier alpha value is -1.38. The van der Waals surface area contributed by atoms with Gasteiger partial charge in [0.25, 0.3) is 15.9 Å². The van der Waals surface area contributed by atoms with Gasteiger partial charge in [-0.2, -0.15) is 0 Å². The molecule has 2 N–H and O–H groups in total. The van der Waals surface area contributed by atoms with Gasteiger partial charge in [0.15, 0.2) is 0 Å². The highest BCUT2D eigenvalue weighted by Crippen LogP contribution is 2.25. The molecule has 7 nitrogen and oxygen atoms in total. The number of aliphatic hydroxyl groups is 1. The Morgan fingerprint density at radius 2 is 2.29 bits per heavy atom. The third-order valence-corrected chi connectivity index (χ3v) is 5.14. The van der Waals surface area contributed by atoms with Crippen molar-refractivity contribution in [2.75, 3.05) is 20.2 Å². The monoisotopic (exact) mass is 316 g/mol. The molecule has 0 unspecified atom stereocenters. The van der Waals surface area contributed by atoms with Crippen LogP contribution in [0.4, 0.5) is 0 Å². The second-order valence-corrected chi connectivity index (χ2v) is 7.10. The molecule has 1 fully saturated rings. The Labute approximate surface area is 124 Å². The molecule has 2 atom stereocenters. The smallest absolute Gasteiger partial charge is 0.273 e. The summed E-state index contributed by atoms with van der Waals surface area (Å²) >= 11 is 0. The molecular formula is C13H20N2O5S. The first kappa shape index (κ1) is 16.0. The minimum Gasteiger partial charge on any atom is -0.451 e. The van der Waals surface area contributed by atoms with E-state index in [-0.39, 0.29) is 35.1 Å². The molecular weight excluding hydrogens is 296 g/mol. The van der Waals surface area contributed by atoms with Gasteiger partial charge in [-0.1, -0.05) is 0 Å². The largest absolute Gasteiger partial charge is 0.451 e. The molecule has 0 bridgehead atoms. The van der Waals surface area contributed by atoms with Gasteiger partial charge in [-0.05, 0) is 32.7 Å². The number of furan rings is 1. The number of nitrogens with zero attached hydrogens (tertiary/aromatic N) is 1. The Kier molecular flexibility index (Phi) is 4.70. The molecule has 1 amide bonds. The van der Waals surface area contributed by atoms with E-state index in [1.807, 2.05) is 6.92 Å². The van der Waals surface area contributed by atoms with E-state index in [4.69, 9.17) is 4.42 Å². The summed E-state index contributed by atoms with van der Waals surface area (Å²) in [5, 5.41) is 8.91. The first-order valence-corrected chi connectivity index (χ1v) is 8.31. The number of sulfonamides is 1. The lowest BCUT2D eigenvalue weighted by molar-refractivity contribution is 0.0514. The molecule has 1 saturated heterocycles. The lowest BCUT2D eigenvalue weighted by Gasteiger charge is -2.36. The molecule has 0 aromatic carbocycles. The van der Waals surface area contributed by atoms with Crippen LogP contribution in [0.5, 0.6) is 0 Å². The summed E-state index contributed by atoms with van der Waals surface area (Å²) in [7, 11) is -2.41. The van der Waals surface area contributed by atoms with Gasteiger partial charge in [0, 0.05) is 25.3 Å². The Bertz CT molecular complexity index is 610. The van der Waals surface area contributed by atoms with Crippen molar-refractivity contribution in [3.05, 3.63) is 17.9 Å². The Balaban J connectivity index is 2.14. The van der Waals surface area contributed by atoms with E-state index in [1.165, 1.54) is 13.1 Å². The predicted molar refractivity (Wildman–Crippen MR) is 75.3 cm³/mol. The van der Waals surface area contributed by atoms with Crippen LogP contribution in [-0.4, -0.2) is 50.6 Å². The van der Waals surface area contributed by atoms with E-state index in [1.54, 1.807) is 4.90 Å². The van der Waals surface area contributed by atoms with Crippen LogP contribution in [0, 0.1) is 5.92 Å². The molecule has 2 heterocycles. The zero-order valence-corrected chi connectivity index (χ0v) is 12.9. The topological polar surface area (TPSA) is 99.9 Å². The maximum atomic E-state index is 12.4. The molecule has 0 aliphatic carbocycles. The highest BCUT2D eigenvalue weighted by atomic mass is 32.2. The van der Waals surface area contributed by atoms with Gasteiger partial charge in [0.05, 0.1) is 5.56 Å². The van der Waals surface area contributed by atoms with Gasteiger partial charge in [-0.3, -0.25) is 4.79 Å². The van der Waals surface area contributed by atoms with Crippen LogP contribution in [0.2, 0.25) is 0 Å². The molecule has 1 aromatic heterocycles. The summed E-state index contributed by atoms with van der Waals surface area (Å²) < 4.78 is 30.3. The first-order valence-electron chi connectivity index (χ1n) is 6.83. The quantitative estimate of drug-likeness (QED) is 0.838. The summed E-state index contributed by atoms with van der Waals surface area (Å²) in [5.74, 6) is -0.0335. The zero-order valence-electron chi connectivity index (χ0n) is 12.1. The fourth-order valence-electron chi connectivity index (χ4n) is 2.57. The second kappa shape index (κ2) is 6.17. The van der Waals surface area contributed by atoms with Gasteiger partial charge in [-0.15, -0.1) is 0 Å². The van der Waals surface area contributed by atoms with Crippen molar-refractivity contribution in [2.24, 2.45) is 5.92 Å². The van der Waals surface area contributed by atoms with Crippen LogP contribution >= 0.6 is 0 Å². The average Bonchev–Trinajstić information content (AvgIpc) is 2.97. The molecule has 118 valence electrons. The van der Waals surface area contributed by atoms with Crippen LogP contribution in [0.15, 0.2) is 21.8 Å². The van der Waals surface area contributed by atoms with Crippen molar-refractivity contribution < 1.29 is 22.7 Å². The number of carbonyl (C=O) groups excluding carboxylic acids is 1. The lowest BCUT2D eigenvalue weighted by atomic mass is 9.92. The average molecular weight is 316 g/mol. The fraction of sp³-hybridized carbons (Fsp3) is 0.615.